The van der Waals surface area contributed by atoms with Crippen molar-refractivity contribution >= 4 is 18.5 Å². The lowest BCUT2D eigenvalue weighted by atomic mass is 9.79. The van der Waals surface area contributed by atoms with Crippen molar-refractivity contribution in [1.82, 2.24) is 4.90 Å². The summed E-state index contributed by atoms with van der Waals surface area (Å²) < 4.78 is 12.3. The Balaban J connectivity index is 2.02. The summed E-state index contributed by atoms with van der Waals surface area (Å²) in [4.78, 5) is 15.2. The van der Waals surface area contributed by atoms with Crippen LogP contribution in [0, 0.1) is 0 Å². The maximum Gasteiger partial charge on any atom is 0.494 e. The highest BCUT2D eigenvalue weighted by molar-refractivity contribution is 6.62. The lowest BCUT2D eigenvalue weighted by Crippen LogP contribution is -2.41. The first-order valence-corrected chi connectivity index (χ1v) is 12.0. The Kier molecular flexibility index (Phi) is 9.43. The molecule has 1 aliphatic rings. The number of nitrogens with zero attached hydrogens (tertiary/aromatic N) is 1. The van der Waals surface area contributed by atoms with E-state index in [9.17, 15) is 4.79 Å². The maximum absolute atomic E-state index is 13.2. The predicted octanol–water partition coefficient (Wildman–Crippen LogP) is 5.59. The van der Waals surface area contributed by atoms with Gasteiger partial charge >= 0.3 is 7.12 Å². The van der Waals surface area contributed by atoms with Gasteiger partial charge in [-0.3, -0.25) is 4.79 Å². The van der Waals surface area contributed by atoms with Gasteiger partial charge in [-0.1, -0.05) is 64.5 Å². The van der Waals surface area contributed by atoms with E-state index in [1.165, 1.54) is 38.5 Å². The molecule has 0 spiro atoms. The van der Waals surface area contributed by atoms with Gasteiger partial charge in [0.15, 0.2) is 0 Å². The van der Waals surface area contributed by atoms with Gasteiger partial charge in [-0.05, 0) is 58.1 Å². The Labute approximate surface area is 184 Å². The third kappa shape index (κ3) is 6.59. The van der Waals surface area contributed by atoms with E-state index in [-0.39, 0.29) is 17.1 Å². The normalized spacial score (nSPS) is 17.3. The first kappa shape index (κ1) is 24.9. The van der Waals surface area contributed by atoms with Crippen molar-refractivity contribution in [3.05, 3.63) is 29.8 Å². The summed E-state index contributed by atoms with van der Waals surface area (Å²) in [6, 6.07) is 7.80. The Morgan fingerprint density at radius 1 is 0.800 bits per heavy atom. The highest BCUT2D eigenvalue weighted by atomic mass is 16.7. The second-order valence-corrected chi connectivity index (χ2v) is 9.62. The van der Waals surface area contributed by atoms with Gasteiger partial charge in [0.05, 0.1) is 11.2 Å². The molecule has 0 radical (unpaired) electrons. The van der Waals surface area contributed by atoms with E-state index in [1.807, 2.05) is 24.3 Å². The summed E-state index contributed by atoms with van der Waals surface area (Å²) in [6.07, 6.45) is 9.45. The minimum Gasteiger partial charge on any atom is -0.399 e. The van der Waals surface area contributed by atoms with Gasteiger partial charge in [-0.25, -0.2) is 0 Å². The summed E-state index contributed by atoms with van der Waals surface area (Å²) in [5.41, 5.74) is 0.990. The van der Waals surface area contributed by atoms with Crippen molar-refractivity contribution < 1.29 is 14.1 Å². The zero-order chi connectivity index (χ0) is 22.2. The maximum atomic E-state index is 13.2. The molecule has 0 N–H and O–H groups in total. The molecular formula is C25H42BNO3. The molecule has 0 bridgehead atoms. The van der Waals surface area contributed by atoms with Crippen molar-refractivity contribution in [2.45, 2.75) is 104 Å². The number of hydrogen-bond donors (Lipinski definition) is 0. The summed E-state index contributed by atoms with van der Waals surface area (Å²) in [5, 5.41) is 0. The molecule has 1 aromatic rings. The highest BCUT2D eigenvalue weighted by Crippen LogP contribution is 2.36. The van der Waals surface area contributed by atoms with Crippen molar-refractivity contribution in [3.8, 4) is 0 Å². The standard InChI is InChI=1S/C25H42BNO3/c1-7-9-11-13-19-27(20-14-12-10-8-2)23(28)21-15-17-22(18-16-21)26-29-24(3,4)25(5,6)30-26/h15-18H,7-14,19-20H2,1-6H3. The second-order valence-electron chi connectivity index (χ2n) is 9.62. The summed E-state index contributed by atoms with van der Waals surface area (Å²) in [5.74, 6) is 0.142. The Morgan fingerprint density at radius 3 is 1.70 bits per heavy atom. The summed E-state index contributed by atoms with van der Waals surface area (Å²) in [7, 11) is -0.390. The topological polar surface area (TPSA) is 38.8 Å². The number of hydrogen-bond acceptors (Lipinski definition) is 3. The van der Waals surface area contributed by atoms with Crippen LogP contribution in [0.15, 0.2) is 24.3 Å². The van der Waals surface area contributed by atoms with Crippen LogP contribution >= 0.6 is 0 Å². The number of carbonyl (C=O) groups is 1. The third-order valence-electron chi connectivity index (χ3n) is 6.53. The van der Waals surface area contributed by atoms with Crippen LogP contribution < -0.4 is 5.46 Å². The molecule has 5 heteroatoms. The van der Waals surface area contributed by atoms with E-state index < -0.39 is 7.12 Å². The molecule has 0 unspecified atom stereocenters. The van der Waals surface area contributed by atoms with Crippen LogP contribution in [0.2, 0.25) is 0 Å². The van der Waals surface area contributed by atoms with E-state index in [0.717, 1.165) is 37.0 Å². The van der Waals surface area contributed by atoms with E-state index in [0.29, 0.717) is 0 Å². The minimum atomic E-state index is -0.390. The van der Waals surface area contributed by atoms with Gasteiger partial charge in [0.1, 0.15) is 0 Å². The first-order valence-electron chi connectivity index (χ1n) is 12.0. The van der Waals surface area contributed by atoms with Crippen LogP contribution in [0.25, 0.3) is 0 Å². The number of unbranched alkanes of at least 4 members (excludes halogenated alkanes) is 6. The Morgan fingerprint density at radius 2 is 1.27 bits per heavy atom. The second kappa shape index (κ2) is 11.3. The van der Waals surface area contributed by atoms with Crippen LogP contribution in [0.5, 0.6) is 0 Å². The molecule has 168 valence electrons. The van der Waals surface area contributed by atoms with Crippen LogP contribution in [-0.2, 0) is 9.31 Å². The van der Waals surface area contributed by atoms with Gasteiger partial charge in [0, 0.05) is 18.7 Å². The molecule has 1 saturated heterocycles. The number of carbonyl (C=O) groups excluding carboxylic acids is 1. The van der Waals surface area contributed by atoms with Gasteiger partial charge in [-0.15, -0.1) is 0 Å². The van der Waals surface area contributed by atoms with E-state index in [1.54, 1.807) is 0 Å². The Hall–Kier alpha value is -1.33. The molecule has 0 saturated carbocycles. The van der Waals surface area contributed by atoms with Crippen molar-refractivity contribution in [2.75, 3.05) is 13.1 Å². The number of benzene rings is 1. The van der Waals surface area contributed by atoms with Crippen molar-refractivity contribution in [2.24, 2.45) is 0 Å². The molecule has 1 heterocycles. The van der Waals surface area contributed by atoms with Gasteiger partial charge in [0.25, 0.3) is 5.91 Å². The fourth-order valence-electron chi connectivity index (χ4n) is 3.72. The molecule has 0 atom stereocenters. The smallest absolute Gasteiger partial charge is 0.399 e. The fourth-order valence-corrected chi connectivity index (χ4v) is 3.72. The minimum absolute atomic E-state index is 0.142. The SMILES string of the molecule is CCCCCCN(CCCCCC)C(=O)c1ccc(B2OC(C)(C)C(C)(C)O2)cc1. The van der Waals surface area contributed by atoms with Crippen LogP contribution in [-0.4, -0.2) is 42.2 Å². The number of amides is 1. The van der Waals surface area contributed by atoms with E-state index in [2.05, 4.69) is 46.4 Å². The first-order chi connectivity index (χ1) is 14.2. The quantitative estimate of drug-likeness (QED) is 0.330. The average Bonchev–Trinajstić information content (AvgIpc) is 2.93. The lowest BCUT2D eigenvalue weighted by molar-refractivity contribution is 0.00578. The average molecular weight is 415 g/mol. The van der Waals surface area contributed by atoms with Crippen LogP contribution in [0.4, 0.5) is 0 Å². The molecule has 30 heavy (non-hydrogen) atoms. The molecule has 0 aromatic heterocycles. The molecule has 1 fully saturated rings. The van der Waals surface area contributed by atoms with Crippen LogP contribution in [0.3, 0.4) is 0 Å². The van der Waals surface area contributed by atoms with Crippen molar-refractivity contribution in [1.29, 1.82) is 0 Å². The molecule has 0 aliphatic carbocycles. The Bertz CT molecular complexity index is 629. The van der Waals surface area contributed by atoms with Gasteiger partial charge < -0.3 is 14.2 Å². The van der Waals surface area contributed by atoms with Crippen molar-refractivity contribution in [3.63, 3.8) is 0 Å². The summed E-state index contributed by atoms with van der Waals surface area (Å²) in [6.45, 7) is 14.4. The largest absolute Gasteiger partial charge is 0.494 e. The number of rotatable bonds is 12. The third-order valence-corrected chi connectivity index (χ3v) is 6.53. The molecule has 1 aromatic carbocycles. The molecule has 2 rings (SSSR count). The monoisotopic (exact) mass is 415 g/mol. The zero-order valence-electron chi connectivity index (χ0n) is 20.1. The summed E-state index contributed by atoms with van der Waals surface area (Å²) >= 11 is 0. The molecule has 4 nitrogen and oxygen atoms in total. The predicted molar refractivity (Wildman–Crippen MR) is 126 cm³/mol. The lowest BCUT2D eigenvalue weighted by Gasteiger charge is -2.32. The van der Waals surface area contributed by atoms with Gasteiger partial charge in [0.2, 0.25) is 0 Å². The molecular weight excluding hydrogens is 373 g/mol. The zero-order valence-corrected chi connectivity index (χ0v) is 20.1. The fraction of sp³-hybridized carbons (Fsp3) is 0.720. The van der Waals surface area contributed by atoms with E-state index in [4.69, 9.17) is 9.31 Å². The van der Waals surface area contributed by atoms with Crippen LogP contribution in [0.1, 0.15) is 103 Å². The highest BCUT2D eigenvalue weighted by Gasteiger charge is 2.51. The van der Waals surface area contributed by atoms with E-state index >= 15 is 0 Å². The van der Waals surface area contributed by atoms with Gasteiger partial charge in [-0.2, -0.15) is 0 Å². The molecule has 1 amide bonds. The molecule has 1 aliphatic heterocycles.